The van der Waals surface area contributed by atoms with E-state index in [9.17, 15) is 27.9 Å². The van der Waals surface area contributed by atoms with Crippen LogP contribution in [0.2, 0.25) is 0 Å². The third kappa shape index (κ3) is 7.22. The SMILES string of the molecule is CC(C)(O)COc1ccc(C(=CN)C(=O)NC2CC3(C2)CC(Oc2cc(-c4ccccc4C(F)(F)F)ccc2C(N)=O)C3)nc1. The molecule has 238 valence electrons. The van der Waals surface area contributed by atoms with Crippen LogP contribution in [-0.4, -0.2) is 46.3 Å². The van der Waals surface area contributed by atoms with Crippen molar-refractivity contribution in [3.05, 3.63) is 83.8 Å². The molecule has 6 N–H and O–H groups in total. The lowest BCUT2D eigenvalue weighted by Gasteiger charge is -2.57. The summed E-state index contributed by atoms with van der Waals surface area (Å²) in [6.45, 7) is 3.33. The van der Waals surface area contributed by atoms with Gasteiger partial charge in [0.15, 0.2) is 0 Å². The highest BCUT2D eigenvalue weighted by atomic mass is 19.4. The molecule has 45 heavy (non-hydrogen) atoms. The second-order valence-corrected chi connectivity index (χ2v) is 12.4. The summed E-state index contributed by atoms with van der Waals surface area (Å²) >= 11 is 0. The standard InChI is InChI=1S/C33H35F3N4O5/c1-31(2,43)18-44-21-8-10-27(39-17-21)25(16-37)30(42)40-20-12-32(13-20)14-22(15-32)45-28-11-19(7-9-24(28)29(38)41)23-5-3-4-6-26(23)33(34,35)36/h3-11,16-17,20,22,43H,12-15,18,37H2,1-2H3,(H2,38,41)(H,40,42). The normalized spacial score (nSPS) is 21.4. The van der Waals surface area contributed by atoms with E-state index < -0.39 is 23.2 Å². The number of halogens is 3. The number of alkyl halides is 3. The molecular formula is C33H35F3N4O5. The Morgan fingerprint density at radius 2 is 1.80 bits per heavy atom. The molecule has 0 radical (unpaired) electrons. The van der Waals surface area contributed by atoms with E-state index in [-0.39, 0.29) is 58.1 Å². The number of hydrogen-bond acceptors (Lipinski definition) is 7. The molecule has 3 aromatic rings. The molecule has 0 atom stereocenters. The van der Waals surface area contributed by atoms with Gasteiger partial charge in [0.2, 0.25) is 0 Å². The molecule has 2 aliphatic rings. The van der Waals surface area contributed by atoms with Crippen LogP contribution in [-0.2, 0) is 11.0 Å². The quantitative estimate of drug-likeness (QED) is 0.236. The van der Waals surface area contributed by atoms with Gasteiger partial charge >= 0.3 is 6.18 Å². The fourth-order valence-corrected chi connectivity index (χ4v) is 5.99. The van der Waals surface area contributed by atoms with E-state index in [4.69, 9.17) is 20.9 Å². The Morgan fingerprint density at radius 1 is 1.09 bits per heavy atom. The number of carbonyl (C=O) groups excluding carboxylic acids is 2. The molecule has 12 heteroatoms. The van der Waals surface area contributed by atoms with Gasteiger partial charge in [0, 0.05) is 12.2 Å². The lowest BCUT2D eigenvalue weighted by atomic mass is 9.53. The first-order valence-electron chi connectivity index (χ1n) is 14.5. The summed E-state index contributed by atoms with van der Waals surface area (Å²) < 4.78 is 52.5. The van der Waals surface area contributed by atoms with E-state index in [1.165, 1.54) is 48.8 Å². The molecule has 1 aromatic heterocycles. The average Bonchev–Trinajstić information content (AvgIpc) is 2.94. The minimum atomic E-state index is -4.55. The largest absolute Gasteiger partial charge is 0.490 e. The molecule has 5 rings (SSSR count). The Morgan fingerprint density at radius 3 is 2.40 bits per heavy atom. The number of aliphatic hydroxyl groups is 1. The second-order valence-electron chi connectivity index (χ2n) is 12.4. The Balaban J connectivity index is 1.17. The Bertz CT molecular complexity index is 1600. The van der Waals surface area contributed by atoms with Crippen LogP contribution in [0.4, 0.5) is 13.2 Å². The molecule has 1 heterocycles. The van der Waals surface area contributed by atoms with E-state index in [2.05, 4.69) is 10.3 Å². The minimum absolute atomic E-state index is 0.0235. The van der Waals surface area contributed by atoms with E-state index in [1.54, 1.807) is 26.0 Å². The van der Waals surface area contributed by atoms with Crippen molar-refractivity contribution in [2.24, 2.45) is 16.9 Å². The first-order valence-corrected chi connectivity index (χ1v) is 14.5. The molecule has 0 unspecified atom stereocenters. The van der Waals surface area contributed by atoms with Crippen LogP contribution in [0.25, 0.3) is 16.7 Å². The monoisotopic (exact) mass is 624 g/mol. The van der Waals surface area contributed by atoms with Crippen LogP contribution in [0.15, 0.2) is 67.0 Å². The number of rotatable bonds is 10. The number of nitrogens with zero attached hydrogens (tertiary/aromatic N) is 1. The smallest absolute Gasteiger partial charge is 0.417 e. The zero-order valence-electron chi connectivity index (χ0n) is 24.9. The van der Waals surface area contributed by atoms with E-state index >= 15 is 0 Å². The van der Waals surface area contributed by atoms with Gasteiger partial charge in [-0.1, -0.05) is 24.3 Å². The lowest BCUT2D eigenvalue weighted by molar-refractivity contribution is -0.137. The highest BCUT2D eigenvalue weighted by molar-refractivity contribution is 6.18. The van der Waals surface area contributed by atoms with Gasteiger partial charge in [0.1, 0.15) is 18.1 Å². The van der Waals surface area contributed by atoms with Crippen molar-refractivity contribution in [3.8, 4) is 22.6 Å². The zero-order chi connectivity index (χ0) is 32.6. The zero-order valence-corrected chi connectivity index (χ0v) is 24.9. The first kappa shape index (κ1) is 31.8. The maximum atomic E-state index is 13.6. The van der Waals surface area contributed by atoms with Gasteiger partial charge in [-0.25, -0.2) is 0 Å². The van der Waals surface area contributed by atoms with E-state index in [0.29, 0.717) is 24.3 Å². The summed E-state index contributed by atoms with van der Waals surface area (Å²) in [5.41, 5.74) is 10.4. The van der Waals surface area contributed by atoms with E-state index in [0.717, 1.165) is 18.9 Å². The first-order chi connectivity index (χ1) is 21.2. The van der Waals surface area contributed by atoms with Crippen molar-refractivity contribution >= 4 is 17.4 Å². The van der Waals surface area contributed by atoms with Gasteiger partial charge in [-0.05, 0) is 86.4 Å². The van der Waals surface area contributed by atoms with Crippen molar-refractivity contribution in [2.45, 2.75) is 63.5 Å². The van der Waals surface area contributed by atoms with Crippen molar-refractivity contribution in [3.63, 3.8) is 0 Å². The summed E-state index contributed by atoms with van der Waals surface area (Å²) in [5, 5.41) is 12.8. The minimum Gasteiger partial charge on any atom is -0.490 e. The number of hydrogen-bond donors (Lipinski definition) is 4. The number of benzene rings is 2. The lowest BCUT2D eigenvalue weighted by Crippen LogP contribution is -2.58. The third-order valence-corrected chi connectivity index (χ3v) is 8.12. The number of amides is 2. The van der Waals surface area contributed by atoms with Crippen molar-refractivity contribution in [2.75, 3.05) is 6.61 Å². The molecule has 0 saturated heterocycles. The number of primary amides is 1. The number of nitrogens with one attached hydrogen (secondary N) is 1. The average molecular weight is 625 g/mol. The maximum absolute atomic E-state index is 13.6. The molecular weight excluding hydrogens is 589 g/mol. The number of aromatic nitrogens is 1. The Labute approximate surface area is 258 Å². The summed E-state index contributed by atoms with van der Waals surface area (Å²) in [6, 6.07) is 12.6. The Hall–Kier alpha value is -4.58. The number of pyridine rings is 1. The van der Waals surface area contributed by atoms with Crippen LogP contribution < -0.4 is 26.3 Å². The number of carbonyl (C=O) groups is 2. The fourth-order valence-electron chi connectivity index (χ4n) is 5.99. The van der Waals surface area contributed by atoms with Gasteiger partial charge in [-0.3, -0.25) is 14.6 Å². The molecule has 2 aliphatic carbocycles. The van der Waals surface area contributed by atoms with Crippen molar-refractivity contribution in [1.82, 2.24) is 10.3 Å². The number of nitrogens with two attached hydrogens (primary N) is 2. The van der Waals surface area contributed by atoms with Crippen molar-refractivity contribution < 1.29 is 37.3 Å². The summed E-state index contributed by atoms with van der Waals surface area (Å²) in [6.07, 6.45) is 0.611. The van der Waals surface area contributed by atoms with Crippen molar-refractivity contribution in [1.29, 1.82) is 0 Å². The molecule has 9 nitrogen and oxygen atoms in total. The molecule has 2 saturated carbocycles. The fraction of sp³-hybridized carbons (Fsp3) is 0.364. The van der Waals surface area contributed by atoms with Crippen LogP contribution in [0.1, 0.15) is 61.1 Å². The topological polar surface area (TPSA) is 150 Å². The molecule has 0 aliphatic heterocycles. The predicted octanol–water partition coefficient (Wildman–Crippen LogP) is 4.82. The van der Waals surface area contributed by atoms with Gasteiger partial charge in [-0.2, -0.15) is 13.2 Å². The molecule has 0 bridgehead atoms. The third-order valence-electron chi connectivity index (χ3n) is 8.12. The summed E-state index contributed by atoms with van der Waals surface area (Å²) in [4.78, 5) is 29.3. The predicted molar refractivity (Wildman–Crippen MR) is 161 cm³/mol. The molecule has 2 amide bonds. The highest BCUT2D eigenvalue weighted by Gasteiger charge is 2.54. The Kier molecular flexibility index (Phi) is 8.54. The second kappa shape index (κ2) is 12.1. The van der Waals surface area contributed by atoms with Gasteiger partial charge < -0.3 is 31.4 Å². The van der Waals surface area contributed by atoms with Gasteiger partial charge in [-0.15, -0.1) is 0 Å². The van der Waals surface area contributed by atoms with Crippen LogP contribution in [0.3, 0.4) is 0 Å². The van der Waals surface area contributed by atoms with Crippen LogP contribution in [0.5, 0.6) is 11.5 Å². The van der Waals surface area contributed by atoms with Crippen LogP contribution in [0, 0.1) is 5.41 Å². The number of ether oxygens (including phenoxy) is 2. The molecule has 1 spiro atoms. The molecule has 2 aromatic carbocycles. The summed E-state index contributed by atoms with van der Waals surface area (Å²) in [5.74, 6) is -0.510. The summed E-state index contributed by atoms with van der Waals surface area (Å²) in [7, 11) is 0. The van der Waals surface area contributed by atoms with Gasteiger partial charge in [0.05, 0.1) is 40.3 Å². The van der Waals surface area contributed by atoms with Gasteiger partial charge in [0.25, 0.3) is 11.8 Å². The molecule has 2 fully saturated rings. The maximum Gasteiger partial charge on any atom is 0.417 e. The van der Waals surface area contributed by atoms with E-state index in [1.807, 2.05) is 0 Å². The van der Waals surface area contributed by atoms with Crippen LogP contribution >= 0.6 is 0 Å². The highest BCUT2D eigenvalue weighted by Crippen LogP contribution is 2.57.